The molecule has 0 unspecified atom stereocenters. The molecule has 0 saturated heterocycles. The zero-order valence-corrected chi connectivity index (χ0v) is 8.94. The first-order valence-electron chi connectivity index (χ1n) is 4.32. The van der Waals surface area contributed by atoms with Gasteiger partial charge in [0.1, 0.15) is 5.84 Å². The van der Waals surface area contributed by atoms with Crippen LogP contribution in [-0.4, -0.2) is 28.6 Å². The summed E-state index contributed by atoms with van der Waals surface area (Å²) >= 11 is 5.44. The number of amidine groups is 1. The van der Waals surface area contributed by atoms with Crippen LogP contribution < -0.4 is 5.73 Å². The Morgan fingerprint density at radius 1 is 1.38 bits per heavy atom. The van der Waals surface area contributed by atoms with E-state index in [0.717, 1.165) is 0 Å². The molecule has 3 N–H and O–H groups in total. The third-order valence-corrected chi connectivity index (χ3v) is 2.02. The molecule has 0 bridgehead atoms. The number of ketones is 1. The molecule has 1 rings (SSSR count). The predicted molar refractivity (Wildman–Crippen MR) is 60.4 cm³/mol. The van der Waals surface area contributed by atoms with Crippen LogP contribution >= 0.6 is 11.6 Å². The number of nitrogens with two attached hydrogens (primary N) is 1. The van der Waals surface area contributed by atoms with E-state index in [0.29, 0.717) is 0 Å². The molecular weight excluding hydrogens is 232 g/mol. The monoisotopic (exact) mass is 240 g/mol. The molecule has 84 valence electrons. The Labute approximate surface area is 96.5 Å². The number of nitrogens with zero attached hydrogens (tertiary/aromatic N) is 1. The van der Waals surface area contributed by atoms with Crippen LogP contribution in [0.1, 0.15) is 10.4 Å². The number of Topliss-reactive ketones (excluding diaryl/α,β-unsaturated/α-hetero) is 1. The Morgan fingerprint density at radius 3 is 2.56 bits per heavy atom. The van der Waals surface area contributed by atoms with Crippen LogP contribution in [0.5, 0.6) is 0 Å². The Hall–Kier alpha value is -1.88. The number of carbonyl (C=O) groups excluding carboxylic acids is 1. The largest absolute Gasteiger partial charge is 0.475 e. The average molecular weight is 241 g/mol. The number of hydrogen-bond acceptors (Lipinski definition) is 3. The predicted octanol–water partition coefficient (Wildman–Crippen LogP) is 1.18. The van der Waals surface area contributed by atoms with Crippen molar-refractivity contribution in [3.63, 3.8) is 0 Å². The van der Waals surface area contributed by atoms with Crippen molar-refractivity contribution < 1.29 is 14.7 Å². The Bertz CT molecular complexity index is 457. The van der Waals surface area contributed by atoms with Gasteiger partial charge in [0.25, 0.3) is 5.78 Å². The fraction of sp³-hybridized carbons (Fsp3) is 0.100. The van der Waals surface area contributed by atoms with Crippen molar-refractivity contribution in [2.45, 2.75) is 0 Å². The molecule has 0 aliphatic rings. The second kappa shape index (κ2) is 5.27. The SMILES string of the molecule is NC(CCl)=Nc1ccccc1C(=O)C(=O)O. The highest BCUT2D eigenvalue weighted by atomic mass is 35.5. The topological polar surface area (TPSA) is 92.8 Å². The van der Waals surface area contributed by atoms with Crippen molar-refractivity contribution in [1.82, 2.24) is 0 Å². The summed E-state index contributed by atoms with van der Waals surface area (Å²) in [7, 11) is 0. The normalized spacial score (nSPS) is 11.2. The van der Waals surface area contributed by atoms with E-state index in [1.807, 2.05) is 0 Å². The maximum absolute atomic E-state index is 11.3. The molecule has 16 heavy (non-hydrogen) atoms. The van der Waals surface area contributed by atoms with Crippen LogP contribution in [0.25, 0.3) is 0 Å². The van der Waals surface area contributed by atoms with E-state index >= 15 is 0 Å². The molecule has 0 radical (unpaired) electrons. The fourth-order valence-corrected chi connectivity index (χ4v) is 1.12. The van der Waals surface area contributed by atoms with Crippen molar-refractivity contribution in [3.8, 4) is 0 Å². The van der Waals surface area contributed by atoms with Gasteiger partial charge in [0.05, 0.1) is 17.1 Å². The minimum Gasteiger partial charge on any atom is -0.475 e. The van der Waals surface area contributed by atoms with Gasteiger partial charge in [-0.3, -0.25) is 4.79 Å². The molecular formula is C10H9ClN2O3. The molecule has 0 amide bonds. The van der Waals surface area contributed by atoms with Crippen LogP contribution in [0.15, 0.2) is 29.3 Å². The van der Waals surface area contributed by atoms with Gasteiger partial charge in [-0.15, -0.1) is 11.6 Å². The first kappa shape index (κ1) is 12.2. The lowest BCUT2D eigenvalue weighted by atomic mass is 10.1. The van der Waals surface area contributed by atoms with E-state index in [-0.39, 0.29) is 23.0 Å². The number of alkyl halides is 1. The van der Waals surface area contributed by atoms with E-state index in [1.165, 1.54) is 12.1 Å². The smallest absolute Gasteiger partial charge is 0.377 e. The van der Waals surface area contributed by atoms with Crippen molar-refractivity contribution in [1.29, 1.82) is 0 Å². The molecule has 0 spiro atoms. The molecule has 5 nitrogen and oxygen atoms in total. The van der Waals surface area contributed by atoms with Crippen molar-refractivity contribution in [3.05, 3.63) is 29.8 Å². The molecule has 0 saturated carbocycles. The number of carboxylic acids is 1. The number of para-hydroxylation sites is 1. The quantitative estimate of drug-likeness (QED) is 0.272. The summed E-state index contributed by atoms with van der Waals surface area (Å²) < 4.78 is 0. The molecule has 0 aliphatic carbocycles. The van der Waals surface area contributed by atoms with Crippen LogP contribution in [0.2, 0.25) is 0 Å². The van der Waals surface area contributed by atoms with Crippen molar-refractivity contribution in [2.24, 2.45) is 10.7 Å². The lowest BCUT2D eigenvalue weighted by molar-refractivity contribution is -0.131. The average Bonchev–Trinajstić information content (AvgIpc) is 2.28. The number of hydrogen-bond donors (Lipinski definition) is 2. The minimum atomic E-state index is -1.54. The molecule has 0 aromatic heterocycles. The number of carbonyl (C=O) groups is 2. The highest BCUT2D eigenvalue weighted by Gasteiger charge is 2.17. The van der Waals surface area contributed by atoms with E-state index in [4.69, 9.17) is 22.4 Å². The van der Waals surface area contributed by atoms with Gasteiger partial charge in [-0.1, -0.05) is 12.1 Å². The Kier molecular flexibility index (Phi) is 4.02. The van der Waals surface area contributed by atoms with Gasteiger partial charge >= 0.3 is 5.97 Å². The van der Waals surface area contributed by atoms with Crippen LogP contribution in [0.3, 0.4) is 0 Å². The molecule has 6 heteroatoms. The van der Waals surface area contributed by atoms with Crippen LogP contribution in [0, 0.1) is 0 Å². The number of halogens is 1. The van der Waals surface area contributed by atoms with E-state index in [1.54, 1.807) is 12.1 Å². The molecule has 1 aromatic carbocycles. The zero-order chi connectivity index (χ0) is 12.1. The van der Waals surface area contributed by atoms with E-state index in [9.17, 15) is 9.59 Å². The summed E-state index contributed by atoms with van der Waals surface area (Å²) in [5.74, 6) is -2.43. The minimum absolute atomic E-state index is 0.00952. The first-order valence-corrected chi connectivity index (χ1v) is 4.85. The Morgan fingerprint density at radius 2 is 2.00 bits per heavy atom. The first-order chi connectivity index (χ1) is 7.56. The molecule has 1 aromatic rings. The zero-order valence-electron chi connectivity index (χ0n) is 8.18. The second-order valence-electron chi connectivity index (χ2n) is 2.89. The molecule has 0 heterocycles. The number of aliphatic imine (C=N–C) groups is 1. The summed E-state index contributed by atoms with van der Waals surface area (Å²) in [5, 5.41) is 8.60. The molecule has 0 aliphatic heterocycles. The number of carboxylic acid groups (broad SMARTS) is 1. The third kappa shape index (κ3) is 2.80. The van der Waals surface area contributed by atoms with Gasteiger partial charge in [0, 0.05) is 0 Å². The third-order valence-electron chi connectivity index (χ3n) is 1.74. The van der Waals surface area contributed by atoms with Crippen molar-refractivity contribution in [2.75, 3.05) is 5.88 Å². The number of benzene rings is 1. The van der Waals surface area contributed by atoms with Crippen LogP contribution in [-0.2, 0) is 4.79 Å². The summed E-state index contributed by atoms with van der Waals surface area (Å²) in [6.45, 7) is 0. The summed E-state index contributed by atoms with van der Waals surface area (Å²) in [5.41, 5.74) is 5.60. The molecule has 0 fully saturated rings. The van der Waals surface area contributed by atoms with Gasteiger partial charge in [0.15, 0.2) is 0 Å². The van der Waals surface area contributed by atoms with Crippen molar-refractivity contribution >= 4 is 34.9 Å². The Balaban J connectivity index is 3.20. The number of rotatable bonds is 4. The highest BCUT2D eigenvalue weighted by molar-refractivity contribution is 6.41. The highest BCUT2D eigenvalue weighted by Crippen LogP contribution is 2.19. The van der Waals surface area contributed by atoms with E-state index < -0.39 is 11.8 Å². The standard InChI is InChI=1S/C10H9ClN2O3/c11-5-8(12)13-7-4-2-1-3-6(7)9(14)10(15)16/h1-4H,5H2,(H2,12,13)(H,15,16). The van der Waals surface area contributed by atoms with Gasteiger partial charge in [-0.25, -0.2) is 9.79 Å². The van der Waals surface area contributed by atoms with Gasteiger partial charge < -0.3 is 10.8 Å². The summed E-state index contributed by atoms with van der Waals surface area (Å²) in [6, 6.07) is 6.04. The van der Waals surface area contributed by atoms with Gasteiger partial charge in [0.2, 0.25) is 0 Å². The lowest BCUT2D eigenvalue weighted by Crippen LogP contribution is -2.15. The van der Waals surface area contributed by atoms with E-state index in [2.05, 4.69) is 4.99 Å². The summed E-state index contributed by atoms with van der Waals surface area (Å²) in [6.07, 6.45) is 0. The lowest BCUT2D eigenvalue weighted by Gasteiger charge is -2.02. The fourth-order valence-electron chi connectivity index (χ4n) is 1.06. The van der Waals surface area contributed by atoms with Gasteiger partial charge in [-0.05, 0) is 12.1 Å². The maximum atomic E-state index is 11.3. The molecule has 0 atom stereocenters. The van der Waals surface area contributed by atoms with Gasteiger partial charge in [-0.2, -0.15) is 0 Å². The number of aliphatic carboxylic acids is 1. The maximum Gasteiger partial charge on any atom is 0.377 e. The summed E-state index contributed by atoms with van der Waals surface area (Å²) in [4.78, 5) is 25.7. The second-order valence-corrected chi connectivity index (χ2v) is 3.16. The van der Waals surface area contributed by atoms with Crippen LogP contribution in [0.4, 0.5) is 5.69 Å².